The molecule has 2 rings (SSSR count). The molecule has 1 unspecified atom stereocenters. The van der Waals surface area contributed by atoms with Crippen molar-refractivity contribution >= 4 is 0 Å². The van der Waals surface area contributed by atoms with Gasteiger partial charge in [0.2, 0.25) is 0 Å². The monoisotopic (exact) mass is 250 g/mol. The average Bonchev–Trinajstić information content (AvgIpc) is 2.25. The van der Waals surface area contributed by atoms with Crippen LogP contribution >= 0.6 is 0 Å². The molecule has 1 aromatic carbocycles. The van der Waals surface area contributed by atoms with Gasteiger partial charge in [-0.2, -0.15) is 0 Å². The first-order valence-corrected chi connectivity index (χ1v) is 6.62. The van der Waals surface area contributed by atoms with E-state index in [0.717, 1.165) is 26.1 Å². The minimum absolute atomic E-state index is 0.0262. The number of benzene rings is 1. The number of hydrogen-bond acceptors (Lipinski definition) is 4. The van der Waals surface area contributed by atoms with Crippen molar-refractivity contribution in [3.8, 4) is 11.5 Å². The highest BCUT2D eigenvalue weighted by Gasteiger charge is 2.30. The maximum absolute atomic E-state index is 9.95. The molecule has 0 spiro atoms. The first kappa shape index (κ1) is 13.2. The van der Waals surface area contributed by atoms with E-state index in [-0.39, 0.29) is 17.5 Å². The molecule has 1 heterocycles. The number of phenols is 2. The lowest BCUT2D eigenvalue weighted by atomic mass is 10.00. The number of phenolic OH excluding ortho intramolecular Hbond substituents is 2. The Morgan fingerprint density at radius 2 is 1.94 bits per heavy atom. The highest BCUT2D eigenvalue weighted by atomic mass is 16.3. The van der Waals surface area contributed by atoms with Crippen LogP contribution in [0.5, 0.6) is 11.5 Å². The predicted octanol–water partition coefficient (Wildman–Crippen LogP) is 1.84. The van der Waals surface area contributed by atoms with Gasteiger partial charge in [-0.05, 0) is 32.0 Å². The molecule has 100 valence electrons. The largest absolute Gasteiger partial charge is 0.507 e. The Kier molecular flexibility index (Phi) is 4.09. The van der Waals surface area contributed by atoms with Crippen LogP contribution in [-0.2, 0) is 0 Å². The van der Waals surface area contributed by atoms with Crippen LogP contribution in [0.15, 0.2) is 18.2 Å². The molecule has 0 aromatic heterocycles. The van der Waals surface area contributed by atoms with Gasteiger partial charge in [0.05, 0.1) is 5.56 Å². The third-order valence-electron chi connectivity index (χ3n) is 3.69. The zero-order valence-electron chi connectivity index (χ0n) is 11.1. The van der Waals surface area contributed by atoms with Crippen LogP contribution in [0.3, 0.4) is 0 Å². The standard InChI is InChI=1S/C14H22N2O2/c1-3-7-16(11-8-15-9-11)10(2)14-12(17)5-4-6-13(14)18/h4-6,10-11,15,17-18H,3,7-9H2,1-2H3. The second-order valence-electron chi connectivity index (χ2n) is 4.94. The summed E-state index contributed by atoms with van der Waals surface area (Å²) in [6.45, 7) is 7.14. The smallest absolute Gasteiger partial charge is 0.124 e. The zero-order chi connectivity index (χ0) is 13.1. The lowest BCUT2D eigenvalue weighted by molar-refractivity contribution is 0.100. The Morgan fingerprint density at radius 1 is 1.33 bits per heavy atom. The van der Waals surface area contributed by atoms with Crippen LogP contribution in [0, 0.1) is 0 Å². The summed E-state index contributed by atoms with van der Waals surface area (Å²) in [7, 11) is 0. The Labute approximate surface area is 108 Å². The molecule has 1 aliphatic heterocycles. The van der Waals surface area contributed by atoms with E-state index >= 15 is 0 Å². The van der Waals surface area contributed by atoms with Crippen LogP contribution in [0.4, 0.5) is 0 Å². The molecule has 1 saturated heterocycles. The van der Waals surface area contributed by atoms with Crippen molar-refractivity contribution in [3.63, 3.8) is 0 Å². The predicted molar refractivity (Wildman–Crippen MR) is 71.8 cm³/mol. The van der Waals surface area contributed by atoms with Gasteiger partial charge in [-0.15, -0.1) is 0 Å². The first-order chi connectivity index (χ1) is 8.65. The van der Waals surface area contributed by atoms with Crippen molar-refractivity contribution in [1.82, 2.24) is 10.2 Å². The van der Waals surface area contributed by atoms with Gasteiger partial charge in [0.25, 0.3) is 0 Å². The van der Waals surface area contributed by atoms with Crippen LogP contribution in [-0.4, -0.2) is 40.8 Å². The summed E-state index contributed by atoms with van der Waals surface area (Å²) in [6, 6.07) is 5.46. The highest BCUT2D eigenvalue weighted by molar-refractivity contribution is 5.45. The van der Waals surface area contributed by atoms with Crippen molar-refractivity contribution in [2.75, 3.05) is 19.6 Å². The molecule has 0 saturated carbocycles. The fraction of sp³-hybridized carbons (Fsp3) is 0.571. The molecule has 3 N–H and O–H groups in total. The summed E-state index contributed by atoms with van der Waals surface area (Å²) < 4.78 is 0. The molecular formula is C14H22N2O2. The molecule has 0 aliphatic carbocycles. The second kappa shape index (κ2) is 5.59. The van der Waals surface area contributed by atoms with Gasteiger partial charge in [0, 0.05) is 25.2 Å². The number of aromatic hydroxyl groups is 2. The first-order valence-electron chi connectivity index (χ1n) is 6.62. The van der Waals surface area contributed by atoms with Crippen molar-refractivity contribution in [2.24, 2.45) is 0 Å². The fourth-order valence-corrected chi connectivity index (χ4v) is 2.59. The third kappa shape index (κ3) is 2.44. The lowest BCUT2D eigenvalue weighted by Gasteiger charge is -2.42. The normalized spacial score (nSPS) is 17.7. The van der Waals surface area contributed by atoms with Crippen LogP contribution in [0.1, 0.15) is 31.9 Å². The Balaban J connectivity index is 2.23. The summed E-state index contributed by atoms with van der Waals surface area (Å²) in [6.07, 6.45) is 1.06. The van der Waals surface area contributed by atoms with Gasteiger partial charge in [-0.25, -0.2) is 0 Å². The van der Waals surface area contributed by atoms with Gasteiger partial charge < -0.3 is 15.5 Å². The van der Waals surface area contributed by atoms with E-state index in [0.29, 0.717) is 11.6 Å². The maximum Gasteiger partial charge on any atom is 0.124 e. The van der Waals surface area contributed by atoms with E-state index < -0.39 is 0 Å². The summed E-state index contributed by atoms with van der Waals surface area (Å²) in [4.78, 5) is 2.35. The van der Waals surface area contributed by atoms with E-state index in [1.807, 2.05) is 6.92 Å². The number of nitrogens with zero attached hydrogens (tertiary/aromatic N) is 1. The third-order valence-corrected chi connectivity index (χ3v) is 3.69. The molecule has 4 nitrogen and oxygen atoms in total. The van der Waals surface area contributed by atoms with E-state index in [1.165, 1.54) is 0 Å². The van der Waals surface area contributed by atoms with Crippen molar-refractivity contribution in [1.29, 1.82) is 0 Å². The van der Waals surface area contributed by atoms with Crippen molar-refractivity contribution in [2.45, 2.75) is 32.4 Å². The molecule has 1 atom stereocenters. The molecule has 1 aliphatic rings. The molecule has 4 heteroatoms. The Morgan fingerprint density at radius 3 is 2.39 bits per heavy atom. The van der Waals surface area contributed by atoms with Crippen molar-refractivity contribution in [3.05, 3.63) is 23.8 Å². The molecular weight excluding hydrogens is 228 g/mol. The summed E-state index contributed by atoms with van der Waals surface area (Å²) in [5, 5.41) is 23.2. The van der Waals surface area contributed by atoms with Crippen molar-refractivity contribution < 1.29 is 10.2 Å². The maximum atomic E-state index is 9.95. The van der Waals surface area contributed by atoms with E-state index in [9.17, 15) is 10.2 Å². The van der Waals surface area contributed by atoms with Crippen LogP contribution in [0.25, 0.3) is 0 Å². The van der Waals surface area contributed by atoms with E-state index in [1.54, 1.807) is 18.2 Å². The topological polar surface area (TPSA) is 55.7 Å². The highest BCUT2D eigenvalue weighted by Crippen LogP contribution is 2.36. The summed E-state index contributed by atoms with van der Waals surface area (Å²) in [5.41, 5.74) is 0.637. The SMILES string of the molecule is CCCN(C1CNC1)C(C)c1c(O)cccc1O. The van der Waals surface area contributed by atoms with E-state index in [4.69, 9.17) is 0 Å². The Bertz CT molecular complexity index is 385. The van der Waals surface area contributed by atoms with Gasteiger partial charge in [0.15, 0.2) is 0 Å². The van der Waals surface area contributed by atoms with Crippen LogP contribution < -0.4 is 5.32 Å². The molecule has 0 bridgehead atoms. The fourth-order valence-electron chi connectivity index (χ4n) is 2.59. The summed E-state index contributed by atoms with van der Waals surface area (Å²) >= 11 is 0. The molecule has 0 amide bonds. The number of nitrogens with one attached hydrogen (secondary N) is 1. The average molecular weight is 250 g/mol. The molecule has 1 fully saturated rings. The number of rotatable bonds is 5. The summed E-state index contributed by atoms with van der Waals surface area (Å²) in [5.74, 6) is 0.353. The van der Waals surface area contributed by atoms with Crippen LogP contribution in [0.2, 0.25) is 0 Å². The van der Waals surface area contributed by atoms with Gasteiger partial charge in [0.1, 0.15) is 11.5 Å². The zero-order valence-corrected chi connectivity index (χ0v) is 11.1. The van der Waals surface area contributed by atoms with Gasteiger partial charge in [-0.1, -0.05) is 13.0 Å². The molecule has 18 heavy (non-hydrogen) atoms. The quantitative estimate of drug-likeness (QED) is 0.746. The molecule has 0 radical (unpaired) electrons. The minimum Gasteiger partial charge on any atom is -0.507 e. The minimum atomic E-state index is 0.0262. The Hall–Kier alpha value is -1.26. The van der Waals surface area contributed by atoms with E-state index in [2.05, 4.69) is 17.1 Å². The second-order valence-corrected chi connectivity index (χ2v) is 4.94. The van der Waals surface area contributed by atoms with Gasteiger partial charge >= 0.3 is 0 Å². The molecule has 1 aromatic rings. The lowest BCUT2D eigenvalue weighted by Crippen LogP contribution is -2.57. The van der Waals surface area contributed by atoms with Gasteiger partial charge in [-0.3, -0.25) is 4.90 Å². The number of hydrogen-bond donors (Lipinski definition) is 3.